The van der Waals surface area contributed by atoms with Crippen molar-refractivity contribution in [1.29, 1.82) is 0 Å². The van der Waals surface area contributed by atoms with E-state index in [0.29, 0.717) is 22.7 Å². The van der Waals surface area contributed by atoms with Crippen molar-refractivity contribution in [2.24, 2.45) is 7.05 Å². The highest BCUT2D eigenvalue weighted by Crippen LogP contribution is 2.34. The van der Waals surface area contributed by atoms with Crippen molar-refractivity contribution >= 4 is 29.1 Å². The highest BCUT2D eigenvalue weighted by molar-refractivity contribution is 6.30. The normalized spacial score (nSPS) is 14.2. The second-order valence-electron chi connectivity index (χ2n) is 7.14. The summed E-state index contributed by atoms with van der Waals surface area (Å²) in [5.41, 5.74) is -0.835. The highest BCUT2D eigenvalue weighted by Gasteiger charge is 2.35. The molecule has 3 heterocycles. The summed E-state index contributed by atoms with van der Waals surface area (Å²) in [5, 5.41) is 7.19. The van der Waals surface area contributed by atoms with E-state index < -0.39 is 29.6 Å². The number of carbonyl (C=O) groups excluding carboxylic acids is 1. The number of nitrogens with zero attached hydrogens (tertiary/aromatic N) is 4. The molecule has 1 fully saturated rings. The smallest absolute Gasteiger partial charge is 0.416 e. The molecule has 0 atom stereocenters. The van der Waals surface area contributed by atoms with Gasteiger partial charge in [0.05, 0.1) is 29.9 Å². The number of benzene rings is 1. The van der Waals surface area contributed by atoms with Gasteiger partial charge >= 0.3 is 6.18 Å². The molecule has 1 amide bonds. The minimum atomic E-state index is -4.68. The lowest BCUT2D eigenvalue weighted by molar-refractivity contribution is -0.137. The third kappa shape index (κ3) is 4.62. The van der Waals surface area contributed by atoms with Gasteiger partial charge in [0.2, 0.25) is 0 Å². The fraction of sp³-hybridized carbons (Fsp3) is 0.250. The monoisotopic (exact) mass is 469 g/mol. The fourth-order valence-corrected chi connectivity index (χ4v) is 3.38. The van der Waals surface area contributed by atoms with Gasteiger partial charge in [-0.3, -0.25) is 9.48 Å². The summed E-state index contributed by atoms with van der Waals surface area (Å²) in [7, 11) is 1.66. The molecule has 0 spiro atoms. The SMILES string of the molecule is Cn1ncc(C(=O)Nc2ccc(Cl)cn2)c1N1CC(Oc2cc(F)cc(C(F)(F)F)c2)C1. The first-order chi connectivity index (χ1) is 15.1. The first kappa shape index (κ1) is 21.9. The van der Waals surface area contributed by atoms with Crippen LogP contribution < -0.4 is 15.0 Å². The molecule has 1 aromatic carbocycles. The van der Waals surface area contributed by atoms with Gasteiger partial charge in [0.15, 0.2) is 0 Å². The number of aromatic nitrogens is 3. The molecule has 1 aliphatic rings. The van der Waals surface area contributed by atoms with Gasteiger partial charge in [0.25, 0.3) is 5.91 Å². The molecule has 0 unspecified atom stereocenters. The third-order valence-electron chi connectivity index (χ3n) is 4.77. The summed E-state index contributed by atoms with van der Waals surface area (Å²) in [4.78, 5) is 18.5. The van der Waals surface area contributed by atoms with Gasteiger partial charge < -0.3 is 15.0 Å². The van der Waals surface area contributed by atoms with Crippen molar-refractivity contribution in [2.45, 2.75) is 12.3 Å². The number of pyridine rings is 1. The summed E-state index contributed by atoms with van der Waals surface area (Å²) in [5.74, 6) is -0.865. The van der Waals surface area contributed by atoms with Crippen molar-refractivity contribution in [3.8, 4) is 5.75 Å². The summed E-state index contributed by atoms with van der Waals surface area (Å²) >= 11 is 5.79. The van der Waals surface area contributed by atoms with Crippen LogP contribution in [0.3, 0.4) is 0 Å². The van der Waals surface area contributed by atoms with E-state index >= 15 is 0 Å². The summed E-state index contributed by atoms with van der Waals surface area (Å²) < 4.78 is 59.2. The van der Waals surface area contributed by atoms with Crippen molar-refractivity contribution in [3.63, 3.8) is 0 Å². The molecule has 0 radical (unpaired) electrons. The lowest BCUT2D eigenvalue weighted by Gasteiger charge is -2.40. The second kappa shape index (κ2) is 8.30. The average molecular weight is 470 g/mol. The van der Waals surface area contributed by atoms with Crippen LogP contribution in [0.4, 0.5) is 29.2 Å². The van der Waals surface area contributed by atoms with E-state index in [4.69, 9.17) is 16.3 Å². The lowest BCUT2D eigenvalue weighted by atomic mass is 10.1. The number of rotatable bonds is 5. The summed E-state index contributed by atoms with van der Waals surface area (Å²) in [6, 6.07) is 5.21. The Hall–Kier alpha value is -3.34. The minimum absolute atomic E-state index is 0.209. The number of carbonyl (C=O) groups is 1. The molecule has 0 aliphatic carbocycles. The topological polar surface area (TPSA) is 72.3 Å². The van der Waals surface area contributed by atoms with Gasteiger partial charge in [0, 0.05) is 19.3 Å². The average Bonchev–Trinajstić information content (AvgIpc) is 3.06. The second-order valence-corrected chi connectivity index (χ2v) is 7.58. The summed E-state index contributed by atoms with van der Waals surface area (Å²) in [6.07, 6.45) is -2.37. The molecular weight excluding hydrogens is 454 g/mol. The Morgan fingerprint density at radius 1 is 1.22 bits per heavy atom. The van der Waals surface area contributed by atoms with E-state index in [9.17, 15) is 22.4 Å². The van der Waals surface area contributed by atoms with Crippen LogP contribution in [-0.2, 0) is 13.2 Å². The Labute approximate surface area is 184 Å². The van der Waals surface area contributed by atoms with Gasteiger partial charge in [-0.2, -0.15) is 18.3 Å². The molecule has 0 bridgehead atoms. The van der Waals surface area contributed by atoms with Crippen LogP contribution in [-0.4, -0.2) is 39.9 Å². The Balaban J connectivity index is 1.43. The van der Waals surface area contributed by atoms with Crippen LogP contribution in [0.5, 0.6) is 5.75 Å². The van der Waals surface area contributed by atoms with Gasteiger partial charge in [-0.05, 0) is 24.3 Å². The third-order valence-corrected chi connectivity index (χ3v) is 4.99. The highest BCUT2D eigenvalue weighted by atomic mass is 35.5. The maximum absolute atomic E-state index is 13.6. The summed E-state index contributed by atoms with van der Waals surface area (Å²) in [6.45, 7) is 0.549. The molecule has 3 aromatic rings. The van der Waals surface area contributed by atoms with E-state index in [1.807, 2.05) is 0 Å². The first-order valence-corrected chi connectivity index (χ1v) is 9.72. The van der Waals surface area contributed by atoms with Gasteiger partial charge in [0.1, 0.15) is 34.9 Å². The van der Waals surface area contributed by atoms with Crippen LogP contribution in [0.15, 0.2) is 42.7 Å². The van der Waals surface area contributed by atoms with Crippen LogP contribution in [0.1, 0.15) is 15.9 Å². The van der Waals surface area contributed by atoms with Gasteiger partial charge in [-0.15, -0.1) is 0 Å². The van der Waals surface area contributed by atoms with Crippen LogP contribution >= 0.6 is 11.6 Å². The number of amides is 1. The molecule has 2 aromatic heterocycles. The molecule has 12 heteroatoms. The number of aryl methyl sites for hydroxylation is 1. The molecule has 1 N–H and O–H groups in total. The predicted octanol–water partition coefficient (Wildman–Crippen LogP) is 4.15. The van der Waals surface area contributed by atoms with Crippen LogP contribution in [0.25, 0.3) is 0 Å². The number of hydrogen-bond acceptors (Lipinski definition) is 5. The van der Waals surface area contributed by atoms with Gasteiger partial charge in [-0.1, -0.05) is 11.6 Å². The first-order valence-electron chi connectivity index (χ1n) is 9.34. The van der Waals surface area contributed by atoms with Crippen LogP contribution in [0, 0.1) is 5.82 Å². The number of hydrogen-bond donors (Lipinski definition) is 1. The Morgan fingerprint density at radius 3 is 2.62 bits per heavy atom. The van der Waals surface area contributed by atoms with E-state index in [-0.39, 0.29) is 24.4 Å². The van der Waals surface area contributed by atoms with E-state index in [0.717, 1.165) is 12.1 Å². The van der Waals surface area contributed by atoms with E-state index in [2.05, 4.69) is 15.4 Å². The molecule has 4 rings (SSSR count). The molecular formula is C20H16ClF4N5O2. The maximum atomic E-state index is 13.6. The number of ether oxygens (including phenoxy) is 1. The molecule has 7 nitrogen and oxygen atoms in total. The van der Waals surface area contributed by atoms with Crippen molar-refractivity contribution in [1.82, 2.24) is 14.8 Å². The maximum Gasteiger partial charge on any atom is 0.416 e. The van der Waals surface area contributed by atoms with Gasteiger partial charge in [-0.25, -0.2) is 9.37 Å². The van der Waals surface area contributed by atoms with E-state index in [1.165, 1.54) is 17.1 Å². The van der Waals surface area contributed by atoms with Crippen molar-refractivity contribution in [2.75, 3.05) is 23.3 Å². The Bertz CT molecular complexity index is 1140. The number of halogens is 5. The quantitative estimate of drug-likeness (QED) is 0.568. The zero-order chi connectivity index (χ0) is 23.0. The Morgan fingerprint density at radius 2 is 1.97 bits per heavy atom. The zero-order valence-corrected chi connectivity index (χ0v) is 17.3. The van der Waals surface area contributed by atoms with Crippen molar-refractivity contribution < 1.29 is 27.1 Å². The number of nitrogens with one attached hydrogen (secondary N) is 1. The molecule has 32 heavy (non-hydrogen) atoms. The largest absolute Gasteiger partial charge is 0.487 e. The van der Waals surface area contributed by atoms with E-state index in [1.54, 1.807) is 24.1 Å². The molecule has 1 aliphatic heterocycles. The van der Waals surface area contributed by atoms with Crippen LogP contribution in [0.2, 0.25) is 5.02 Å². The molecule has 1 saturated heterocycles. The molecule has 168 valence electrons. The predicted molar refractivity (Wildman–Crippen MR) is 108 cm³/mol. The standard InChI is InChI=1S/C20H16ClF4N5O2/c1-29-19(16(8-27-29)18(31)28-17-3-2-12(21)7-26-17)30-9-15(10-30)32-14-5-11(20(23,24)25)4-13(22)6-14/h2-8,15H,9-10H2,1H3,(H,26,28,31). The number of anilines is 2. The lowest BCUT2D eigenvalue weighted by Crippen LogP contribution is -2.55. The molecule has 0 saturated carbocycles. The Kier molecular flexibility index (Phi) is 5.68. The minimum Gasteiger partial charge on any atom is -0.487 e. The van der Waals surface area contributed by atoms with Crippen molar-refractivity contribution in [3.05, 3.63) is 64.7 Å². The number of alkyl halides is 3. The zero-order valence-electron chi connectivity index (χ0n) is 16.5. The fourth-order valence-electron chi connectivity index (χ4n) is 3.27.